The third-order valence-electron chi connectivity index (χ3n) is 3.72. The minimum Gasteiger partial charge on any atom is -0.328 e. The van der Waals surface area contributed by atoms with Crippen LogP contribution in [0.5, 0.6) is 0 Å². The molecule has 2 nitrogen and oxygen atoms in total. The number of hydrogen-bond donors (Lipinski definition) is 1. The molecule has 14 heavy (non-hydrogen) atoms. The van der Waals surface area contributed by atoms with Gasteiger partial charge in [-0.3, -0.25) is 4.90 Å². The fraction of sp³-hybridized carbons (Fsp3) is 1.00. The number of likely N-dealkylation sites (tertiary alicyclic amines) is 1. The van der Waals surface area contributed by atoms with Gasteiger partial charge in [0, 0.05) is 24.7 Å². The van der Waals surface area contributed by atoms with Crippen molar-refractivity contribution in [1.82, 2.24) is 4.90 Å². The van der Waals surface area contributed by atoms with E-state index in [9.17, 15) is 0 Å². The summed E-state index contributed by atoms with van der Waals surface area (Å²) in [4.78, 5) is 2.61. The zero-order chi connectivity index (χ0) is 10.9. The Balaban J connectivity index is 2.60. The first-order valence-electron chi connectivity index (χ1n) is 5.83. The Morgan fingerprint density at radius 3 is 2.36 bits per heavy atom. The zero-order valence-electron chi connectivity index (χ0n) is 10.4. The Bertz CT molecular complexity index is 183. The molecular formula is C12H26N2. The third kappa shape index (κ3) is 2.71. The largest absolute Gasteiger partial charge is 0.328 e. The predicted molar refractivity (Wildman–Crippen MR) is 62.3 cm³/mol. The predicted octanol–water partition coefficient (Wildman–Crippen LogP) is 2.23. The first-order valence-corrected chi connectivity index (χ1v) is 5.83. The standard InChI is InChI=1S/C12H26N2/c1-9-8-11(13)6-7-14(9)10(2)12(3,4)5/h9-11H,6-8,13H2,1-5H3. The van der Waals surface area contributed by atoms with Gasteiger partial charge in [-0.25, -0.2) is 0 Å². The highest BCUT2D eigenvalue weighted by Crippen LogP contribution is 2.29. The summed E-state index contributed by atoms with van der Waals surface area (Å²) in [5.74, 6) is 0. The maximum atomic E-state index is 5.97. The van der Waals surface area contributed by atoms with Crippen LogP contribution in [0.25, 0.3) is 0 Å². The lowest BCUT2D eigenvalue weighted by Crippen LogP contribution is -2.52. The second-order valence-corrected chi connectivity index (χ2v) is 5.91. The van der Waals surface area contributed by atoms with Crippen LogP contribution in [-0.2, 0) is 0 Å². The first kappa shape index (κ1) is 12.0. The van der Waals surface area contributed by atoms with E-state index in [4.69, 9.17) is 5.73 Å². The summed E-state index contributed by atoms with van der Waals surface area (Å²) >= 11 is 0. The number of hydrogen-bond acceptors (Lipinski definition) is 2. The lowest BCUT2D eigenvalue weighted by molar-refractivity contribution is 0.0461. The maximum absolute atomic E-state index is 5.97. The van der Waals surface area contributed by atoms with Gasteiger partial charge >= 0.3 is 0 Å². The van der Waals surface area contributed by atoms with Crippen molar-refractivity contribution in [3.05, 3.63) is 0 Å². The summed E-state index contributed by atoms with van der Waals surface area (Å²) in [7, 11) is 0. The number of piperidine rings is 1. The highest BCUT2D eigenvalue weighted by Gasteiger charge is 2.32. The van der Waals surface area contributed by atoms with Gasteiger partial charge in [-0.05, 0) is 32.1 Å². The van der Waals surface area contributed by atoms with Gasteiger partial charge in [-0.1, -0.05) is 20.8 Å². The molecule has 84 valence electrons. The summed E-state index contributed by atoms with van der Waals surface area (Å²) < 4.78 is 0. The summed E-state index contributed by atoms with van der Waals surface area (Å²) in [5.41, 5.74) is 6.34. The van der Waals surface area contributed by atoms with Crippen LogP contribution in [-0.4, -0.2) is 29.6 Å². The topological polar surface area (TPSA) is 29.3 Å². The van der Waals surface area contributed by atoms with Crippen molar-refractivity contribution >= 4 is 0 Å². The van der Waals surface area contributed by atoms with Crippen molar-refractivity contribution in [1.29, 1.82) is 0 Å². The van der Waals surface area contributed by atoms with Gasteiger partial charge in [-0.15, -0.1) is 0 Å². The fourth-order valence-corrected chi connectivity index (χ4v) is 2.30. The number of nitrogens with two attached hydrogens (primary N) is 1. The van der Waals surface area contributed by atoms with E-state index in [2.05, 4.69) is 39.5 Å². The van der Waals surface area contributed by atoms with E-state index >= 15 is 0 Å². The maximum Gasteiger partial charge on any atom is 0.0118 e. The minimum absolute atomic E-state index is 0.371. The first-order chi connectivity index (χ1) is 6.32. The van der Waals surface area contributed by atoms with E-state index < -0.39 is 0 Å². The molecule has 2 heteroatoms. The Morgan fingerprint density at radius 2 is 1.93 bits per heavy atom. The molecule has 1 rings (SSSR count). The van der Waals surface area contributed by atoms with E-state index in [1.165, 1.54) is 6.54 Å². The molecule has 3 atom stereocenters. The molecule has 0 aromatic rings. The smallest absolute Gasteiger partial charge is 0.0118 e. The molecule has 1 aliphatic heterocycles. The van der Waals surface area contributed by atoms with Gasteiger partial charge in [0.15, 0.2) is 0 Å². The van der Waals surface area contributed by atoms with Gasteiger partial charge in [0.05, 0.1) is 0 Å². The lowest BCUT2D eigenvalue weighted by Gasteiger charge is -2.45. The van der Waals surface area contributed by atoms with Crippen LogP contribution in [0.4, 0.5) is 0 Å². The van der Waals surface area contributed by atoms with Crippen LogP contribution in [0, 0.1) is 5.41 Å². The van der Waals surface area contributed by atoms with Crippen molar-refractivity contribution in [3.63, 3.8) is 0 Å². The van der Waals surface area contributed by atoms with E-state index in [-0.39, 0.29) is 0 Å². The average molecular weight is 198 g/mol. The molecule has 1 saturated heterocycles. The summed E-state index contributed by atoms with van der Waals surface area (Å²) in [6.07, 6.45) is 2.31. The molecule has 0 radical (unpaired) electrons. The van der Waals surface area contributed by atoms with Crippen LogP contribution in [0.1, 0.15) is 47.5 Å². The zero-order valence-corrected chi connectivity index (χ0v) is 10.4. The van der Waals surface area contributed by atoms with Gasteiger partial charge < -0.3 is 5.73 Å². The average Bonchev–Trinajstić information content (AvgIpc) is 2.01. The van der Waals surface area contributed by atoms with E-state index in [0.717, 1.165) is 12.8 Å². The monoisotopic (exact) mass is 198 g/mol. The van der Waals surface area contributed by atoms with Crippen molar-refractivity contribution in [3.8, 4) is 0 Å². The molecule has 0 bridgehead atoms. The van der Waals surface area contributed by atoms with Crippen LogP contribution in [0.15, 0.2) is 0 Å². The van der Waals surface area contributed by atoms with Crippen LogP contribution < -0.4 is 5.73 Å². The molecule has 0 amide bonds. The fourth-order valence-electron chi connectivity index (χ4n) is 2.30. The highest BCUT2D eigenvalue weighted by molar-refractivity contribution is 4.88. The molecule has 3 unspecified atom stereocenters. The molecule has 0 saturated carbocycles. The van der Waals surface area contributed by atoms with Crippen molar-refractivity contribution in [2.24, 2.45) is 11.1 Å². The van der Waals surface area contributed by atoms with E-state index in [0.29, 0.717) is 23.5 Å². The van der Waals surface area contributed by atoms with Crippen molar-refractivity contribution in [2.45, 2.75) is 65.6 Å². The Kier molecular flexibility index (Phi) is 3.59. The van der Waals surface area contributed by atoms with E-state index in [1.807, 2.05) is 0 Å². The van der Waals surface area contributed by atoms with Gasteiger partial charge in [0.2, 0.25) is 0 Å². The van der Waals surface area contributed by atoms with Crippen molar-refractivity contribution < 1.29 is 0 Å². The molecule has 0 aromatic heterocycles. The molecule has 2 N–H and O–H groups in total. The summed E-state index contributed by atoms with van der Waals surface area (Å²) in [6, 6.07) is 1.71. The van der Waals surface area contributed by atoms with Gasteiger partial charge in [0.1, 0.15) is 0 Å². The Labute approximate surface area is 88.8 Å². The van der Waals surface area contributed by atoms with E-state index in [1.54, 1.807) is 0 Å². The minimum atomic E-state index is 0.371. The molecule has 0 aliphatic carbocycles. The summed E-state index contributed by atoms with van der Waals surface area (Å²) in [6.45, 7) is 12.8. The number of nitrogens with zero attached hydrogens (tertiary/aromatic N) is 1. The second kappa shape index (κ2) is 4.19. The highest BCUT2D eigenvalue weighted by atomic mass is 15.2. The molecule has 1 heterocycles. The van der Waals surface area contributed by atoms with Crippen LogP contribution in [0.2, 0.25) is 0 Å². The molecule has 1 fully saturated rings. The molecule has 0 aromatic carbocycles. The molecular weight excluding hydrogens is 172 g/mol. The number of rotatable bonds is 1. The quantitative estimate of drug-likeness (QED) is 0.700. The van der Waals surface area contributed by atoms with Crippen LogP contribution >= 0.6 is 0 Å². The second-order valence-electron chi connectivity index (χ2n) is 5.91. The normalized spacial score (nSPS) is 33.0. The third-order valence-corrected chi connectivity index (χ3v) is 3.72. The SMILES string of the molecule is CC1CC(N)CCN1C(C)C(C)(C)C. The van der Waals surface area contributed by atoms with Gasteiger partial charge in [-0.2, -0.15) is 0 Å². The van der Waals surface area contributed by atoms with Crippen LogP contribution in [0.3, 0.4) is 0 Å². The Hall–Kier alpha value is -0.0800. The van der Waals surface area contributed by atoms with Crippen molar-refractivity contribution in [2.75, 3.05) is 6.54 Å². The van der Waals surface area contributed by atoms with Gasteiger partial charge in [0.25, 0.3) is 0 Å². The lowest BCUT2D eigenvalue weighted by atomic mass is 9.84. The summed E-state index contributed by atoms with van der Waals surface area (Å²) in [5, 5.41) is 0. The molecule has 0 spiro atoms. The molecule has 1 aliphatic rings. The Morgan fingerprint density at radius 1 is 1.36 bits per heavy atom.